The summed E-state index contributed by atoms with van der Waals surface area (Å²) in [7, 11) is -2.23. The molecule has 0 saturated carbocycles. The minimum Gasteiger partial charge on any atom is -0.389 e. The lowest BCUT2D eigenvalue weighted by atomic mass is 10.1. The molecule has 1 rings (SSSR count). The molecule has 1 aromatic heterocycles. The van der Waals surface area contributed by atoms with Gasteiger partial charge in [0, 0.05) is 19.8 Å². The van der Waals surface area contributed by atoms with Gasteiger partial charge in [0.15, 0.2) is 0 Å². The Hall–Kier alpha value is -1.18. The van der Waals surface area contributed by atoms with E-state index < -0.39 is 15.6 Å². The molecule has 1 heterocycles. The molecule has 0 aliphatic carbocycles. The van der Waals surface area contributed by atoms with Crippen LogP contribution in [0.15, 0.2) is 23.2 Å². The topological polar surface area (TPSA) is 96.5 Å². The Bertz CT molecular complexity index is 477. The van der Waals surface area contributed by atoms with Crippen molar-refractivity contribution in [1.29, 1.82) is 0 Å². The average Bonchev–Trinajstić information content (AvgIpc) is 2.15. The van der Waals surface area contributed by atoms with Crippen molar-refractivity contribution in [3.05, 3.63) is 18.3 Å². The van der Waals surface area contributed by atoms with E-state index in [2.05, 4.69) is 4.98 Å². The number of aliphatic hydroxyl groups is 1. The molecule has 0 aromatic carbocycles. The number of nitrogens with two attached hydrogens (primary N) is 1. The van der Waals surface area contributed by atoms with Crippen LogP contribution >= 0.6 is 0 Å². The summed E-state index contributed by atoms with van der Waals surface area (Å²) in [5, 5.41) is 9.60. The quantitative estimate of drug-likeness (QED) is 0.796. The fraction of sp³-hybridized carbons (Fsp3) is 0.500. The van der Waals surface area contributed by atoms with Gasteiger partial charge in [0.2, 0.25) is 10.0 Å². The number of anilines is 1. The van der Waals surface area contributed by atoms with Crippen LogP contribution in [-0.2, 0) is 10.0 Å². The molecule has 0 saturated heterocycles. The molecule has 0 radical (unpaired) electrons. The van der Waals surface area contributed by atoms with Crippen LogP contribution in [0.25, 0.3) is 0 Å². The molecule has 0 aliphatic rings. The molecule has 0 spiro atoms. The Morgan fingerprint density at radius 1 is 1.47 bits per heavy atom. The number of sulfonamides is 1. The van der Waals surface area contributed by atoms with Crippen molar-refractivity contribution >= 4 is 15.8 Å². The van der Waals surface area contributed by atoms with Crippen molar-refractivity contribution in [3.63, 3.8) is 0 Å². The van der Waals surface area contributed by atoms with Crippen molar-refractivity contribution in [2.24, 2.45) is 0 Å². The molecule has 17 heavy (non-hydrogen) atoms. The minimum absolute atomic E-state index is 0.000288. The fourth-order valence-corrected chi connectivity index (χ4v) is 2.63. The molecule has 1 aromatic rings. The highest BCUT2D eigenvalue weighted by Crippen LogP contribution is 2.16. The lowest BCUT2D eigenvalue weighted by molar-refractivity contribution is 0.0640. The van der Waals surface area contributed by atoms with Crippen molar-refractivity contribution in [3.8, 4) is 0 Å². The average molecular weight is 259 g/mol. The third kappa shape index (κ3) is 3.65. The van der Waals surface area contributed by atoms with E-state index in [1.807, 2.05) is 0 Å². The van der Waals surface area contributed by atoms with Gasteiger partial charge in [-0.05, 0) is 26.0 Å². The second kappa shape index (κ2) is 4.59. The maximum absolute atomic E-state index is 12.1. The molecule has 0 bridgehead atoms. The standard InChI is InChI=1S/C10H17N3O3S/c1-10(2,14)7-13(3)17(15,16)8-4-5-9(11)12-6-8/h4-6,14H,7H2,1-3H3,(H2,11,12). The second-order valence-electron chi connectivity index (χ2n) is 4.49. The number of aromatic nitrogens is 1. The number of rotatable bonds is 4. The van der Waals surface area contributed by atoms with E-state index in [1.54, 1.807) is 13.8 Å². The molecule has 96 valence electrons. The monoisotopic (exact) mass is 259 g/mol. The zero-order chi connectivity index (χ0) is 13.3. The molecular weight excluding hydrogens is 242 g/mol. The largest absolute Gasteiger partial charge is 0.389 e. The fourth-order valence-electron chi connectivity index (χ4n) is 1.35. The smallest absolute Gasteiger partial charge is 0.244 e. The first-order valence-electron chi connectivity index (χ1n) is 5.03. The predicted octanol–water partition coefficient (Wildman–Crippen LogP) is 0.0552. The summed E-state index contributed by atoms with van der Waals surface area (Å²) >= 11 is 0. The van der Waals surface area contributed by atoms with Gasteiger partial charge < -0.3 is 10.8 Å². The van der Waals surface area contributed by atoms with E-state index in [4.69, 9.17) is 5.73 Å². The van der Waals surface area contributed by atoms with Gasteiger partial charge in [0.1, 0.15) is 10.7 Å². The van der Waals surface area contributed by atoms with Crippen LogP contribution in [0.5, 0.6) is 0 Å². The zero-order valence-corrected chi connectivity index (χ0v) is 10.9. The summed E-state index contributed by atoms with van der Waals surface area (Å²) in [5.41, 5.74) is 4.29. The van der Waals surface area contributed by atoms with E-state index in [0.29, 0.717) is 0 Å². The van der Waals surface area contributed by atoms with Gasteiger partial charge >= 0.3 is 0 Å². The molecule has 0 amide bonds. The third-order valence-corrected chi connectivity index (χ3v) is 3.86. The van der Waals surface area contributed by atoms with Gasteiger partial charge in [-0.25, -0.2) is 13.4 Å². The van der Waals surface area contributed by atoms with Crippen LogP contribution in [-0.4, -0.2) is 42.0 Å². The first-order chi connectivity index (χ1) is 7.63. The molecule has 0 unspecified atom stereocenters. The third-order valence-electron chi connectivity index (χ3n) is 2.08. The Balaban J connectivity index is 2.99. The number of hydrogen-bond acceptors (Lipinski definition) is 5. The number of nitrogen functional groups attached to an aromatic ring is 1. The Kier molecular flexibility index (Phi) is 3.75. The second-order valence-corrected chi connectivity index (χ2v) is 6.54. The highest BCUT2D eigenvalue weighted by Gasteiger charge is 2.26. The van der Waals surface area contributed by atoms with E-state index in [0.717, 1.165) is 4.31 Å². The van der Waals surface area contributed by atoms with Crippen LogP contribution in [0.2, 0.25) is 0 Å². The molecule has 0 atom stereocenters. The van der Waals surface area contributed by atoms with Gasteiger partial charge in [-0.3, -0.25) is 0 Å². The highest BCUT2D eigenvalue weighted by atomic mass is 32.2. The number of nitrogens with zero attached hydrogens (tertiary/aromatic N) is 2. The van der Waals surface area contributed by atoms with Gasteiger partial charge in [0.25, 0.3) is 0 Å². The summed E-state index contributed by atoms with van der Waals surface area (Å²) in [6.45, 7) is 3.08. The van der Waals surface area contributed by atoms with Crippen molar-refractivity contribution in [2.75, 3.05) is 19.3 Å². The van der Waals surface area contributed by atoms with Crippen molar-refractivity contribution in [2.45, 2.75) is 24.3 Å². The first kappa shape index (κ1) is 13.9. The summed E-state index contributed by atoms with van der Waals surface area (Å²) in [6, 6.07) is 2.81. The van der Waals surface area contributed by atoms with Gasteiger partial charge in [-0.1, -0.05) is 0 Å². The summed E-state index contributed by atoms with van der Waals surface area (Å²) in [5.74, 6) is 0.258. The van der Waals surface area contributed by atoms with Crippen LogP contribution in [0, 0.1) is 0 Å². The normalized spacial score (nSPS) is 13.0. The predicted molar refractivity (Wildman–Crippen MR) is 64.8 cm³/mol. The summed E-state index contributed by atoms with van der Waals surface area (Å²) in [6.07, 6.45) is 1.20. The van der Waals surface area contributed by atoms with E-state index in [-0.39, 0.29) is 17.3 Å². The molecular formula is C10H17N3O3S. The number of pyridine rings is 1. The minimum atomic E-state index is -3.63. The van der Waals surface area contributed by atoms with Gasteiger partial charge in [-0.15, -0.1) is 0 Å². The number of likely N-dealkylation sites (N-methyl/N-ethyl adjacent to an activating group) is 1. The zero-order valence-electron chi connectivity index (χ0n) is 10.1. The highest BCUT2D eigenvalue weighted by molar-refractivity contribution is 7.89. The van der Waals surface area contributed by atoms with Crippen LogP contribution in [0.1, 0.15) is 13.8 Å². The van der Waals surface area contributed by atoms with Gasteiger partial charge in [0.05, 0.1) is 5.60 Å². The first-order valence-corrected chi connectivity index (χ1v) is 6.47. The molecule has 3 N–H and O–H groups in total. The maximum atomic E-state index is 12.1. The van der Waals surface area contributed by atoms with Crippen molar-refractivity contribution < 1.29 is 13.5 Å². The SMILES string of the molecule is CN(CC(C)(C)O)S(=O)(=O)c1ccc(N)nc1. The Morgan fingerprint density at radius 3 is 2.47 bits per heavy atom. The van der Waals surface area contributed by atoms with E-state index >= 15 is 0 Å². The van der Waals surface area contributed by atoms with E-state index in [9.17, 15) is 13.5 Å². The van der Waals surface area contributed by atoms with Crippen molar-refractivity contribution in [1.82, 2.24) is 9.29 Å². The van der Waals surface area contributed by atoms with Crippen LogP contribution in [0.4, 0.5) is 5.82 Å². The van der Waals surface area contributed by atoms with Crippen LogP contribution < -0.4 is 5.73 Å². The molecule has 0 fully saturated rings. The lowest BCUT2D eigenvalue weighted by Crippen LogP contribution is -2.39. The number of hydrogen-bond donors (Lipinski definition) is 2. The molecule has 0 aliphatic heterocycles. The maximum Gasteiger partial charge on any atom is 0.244 e. The van der Waals surface area contributed by atoms with Gasteiger partial charge in [-0.2, -0.15) is 4.31 Å². The molecule has 7 heteroatoms. The van der Waals surface area contributed by atoms with E-state index in [1.165, 1.54) is 25.4 Å². The lowest BCUT2D eigenvalue weighted by Gasteiger charge is -2.24. The summed E-state index contributed by atoms with van der Waals surface area (Å²) in [4.78, 5) is 3.79. The Labute approximate surface area is 101 Å². The Morgan fingerprint density at radius 2 is 2.06 bits per heavy atom. The van der Waals surface area contributed by atoms with Crippen LogP contribution in [0.3, 0.4) is 0 Å². The molecule has 6 nitrogen and oxygen atoms in total. The summed E-state index contributed by atoms with van der Waals surface area (Å²) < 4.78 is 25.2.